The van der Waals surface area contributed by atoms with E-state index in [9.17, 15) is 14.4 Å². The summed E-state index contributed by atoms with van der Waals surface area (Å²) >= 11 is 4.30. The summed E-state index contributed by atoms with van der Waals surface area (Å²) < 4.78 is 1.98. The predicted molar refractivity (Wildman–Crippen MR) is 103 cm³/mol. The SMILES string of the molecule is O=C(O)Cc1nnc(SCC2=CN3C(=O)C(NC(=O)Cn4cnnn4)[C@@H]3SC2)s1. The molecule has 2 aromatic rings. The molecule has 15 heteroatoms. The van der Waals surface area contributed by atoms with E-state index >= 15 is 0 Å². The predicted octanol–water partition coefficient (Wildman–Crippen LogP) is -0.772. The standard InChI is InChI=1S/C14H14N8O4S3/c23-8(3-21-6-15-19-20-21)16-11-12(26)22-2-7(4-27-13(11)22)5-28-14-18-17-9(29-14)1-10(24)25/h2,6,11,13H,1,3-5H2,(H,16,23)(H,24,25)/t11?,13-/m0/s1. The Balaban J connectivity index is 1.28. The fraction of sp³-hybridized carbons (Fsp3) is 0.429. The van der Waals surface area contributed by atoms with Crippen molar-refractivity contribution in [2.24, 2.45) is 0 Å². The van der Waals surface area contributed by atoms with E-state index in [0.29, 0.717) is 15.1 Å². The molecular weight excluding hydrogens is 440 g/mol. The number of aromatic nitrogens is 6. The first-order valence-electron chi connectivity index (χ1n) is 8.30. The topological polar surface area (TPSA) is 156 Å². The quantitative estimate of drug-likeness (QED) is 0.381. The molecular formula is C14H14N8O4S3. The number of β-lactam (4-membered cyclic amide) rings is 1. The number of carboxylic acids is 1. The second-order valence-corrected chi connectivity index (χ2v) is 9.50. The molecule has 0 saturated carbocycles. The summed E-state index contributed by atoms with van der Waals surface area (Å²) in [6, 6.07) is -0.559. The van der Waals surface area contributed by atoms with Gasteiger partial charge < -0.3 is 15.3 Å². The van der Waals surface area contributed by atoms with Crippen molar-refractivity contribution in [3.8, 4) is 0 Å². The zero-order valence-corrected chi connectivity index (χ0v) is 17.1. The van der Waals surface area contributed by atoms with Crippen LogP contribution in [-0.2, 0) is 27.3 Å². The van der Waals surface area contributed by atoms with Crippen LogP contribution < -0.4 is 5.32 Å². The first-order chi connectivity index (χ1) is 14.0. The lowest BCUT2D eigenvalue weighted by Crippen LogP contribution is -2.68. The molecule has 0 spiro atoms. The number of hydrogen-bond acceptors (Lipinski definition) is 11. The van der Waals surface area contributed by atoms with Gasteiger partial charge in [0.15, 0.2) is 4.34 Å². The lowest BCUT2D eigenvalue weighted by Gasteiger charge is -2.47. The largest absolute Gasteiger partial charge is 0.481 e. The molecule has 2 aliphatic rings. The molecule has 2 aromatic heterocycles. The summed E-state index contributed by atoms with van der Waals surface area (Å²) in [6.45, 7) is -0.0440. The molecule has 0 radical (unpaired) electrons. The average Bonchev–Trinajstić information content (AvgIpc) is 3.35. The van der Waals surface area contributed by atoms with Gasteiger partial charge in [-0.15, -0.1) is 27.1 Å². The van der Waals surface area contributed by atoms with Gasteiger partial charge in [0.2, 0.25) is 5.91 Å². The van der Waals surface area contributed by atoms with Crippen LogP contribution in [0.25, 0.3) is 0 Å². The van der Waals surface area contributed by atoms with Crippen LogP contribution in [0.2, 0.25) is 0 Å². The molecule has 152 valence electrons. The van der Waals surface area contributed by atoms with Gasteiger partial charge in [-0.2, -0.15) is 0 Å². The maximum atomic E-state index is 12.4. The summed E-state index contributed by atoms with van der Waals surface area (Å²) in [7, 11) is 0. The number of carbonyl (C=O) groups is 3. The van der Waals surface area contributed by atoms with Crippen molar-refractivity contribution in [3.05, 3.63) is 23.1 Å². The number of carboxylic acid groups (broad SMARTS) is 1. The van der Waals surface area contributed by atoms with Crippen LogP contribution in [0.4, 0.5) is 0 Å². The fourth-order valence-electron chi connectivity index (χ4n) is 2.71. The van der Waals surface area contributed by atoms with E-state index in [1.807, 2.05) is 6.20 Å². The van der Waals surface area contributed by atoms with E-state index in [4.69, 9.17) is 5.11 Å². The zero-order chi connectivity index (χ0) is 20.4. The minimum absolute atomic E-state index is 0.0440. The highest BCUT2D eigenvalue weighted by Crippen LogP contribution is 2.37. The molecule has 0 aromatic carbocycles. The number of hydrogen-bond donors (Lipinski definition) is 2. The van der Waals surface area contributed by atoms with Crippen LogP contribution in [0.15, 0.2) is 22.4 Å². The Labute approximate surface area is 176 Å². The smallest absolute Gasteiger partial charge is 0.310 e. The van der Waals surface area contributed by atoms with Crippen LogP contribution >= 0.6 is 34.9 Å². The van der Waals surface area contributed by atoms with Gasteiger partial charge in [-0.25, -0.2) is 4.68 Å². The van der Waals surface area contributed by atoms with Gasteiger partial charge in [0.05, 0.1) is 6.42 Å². The molecule has 2 N–H and O–H groups in total. The van der Waals surface area contributed by atoms with Gasteiger partial charge in [-0.05, 0) is 16.0 Å². The highest BCUT2D eigenvalue weighted by molar-refractivity contribution is 8.01. The van der Waals surface area contributed by atoms with Crippen molar-refractivity contribution in [1.29, 1.82) is 0 Å². The van der Waals surface area contributed by atoms with Gasteiger partial charge in [0.25, 0.3) is 5.91 Å². The lowest BCUT2D eigenvalue weighted by atomic mass is 10.1. The third-order valence-corrected chi connectivity index (χ3v) is 7.53. The van der Waals surface area contributed by atoms with Gasteiger partial charge in [-0.3, -0.25) is 14.4 Å². The molecule has 2 amide bonds. The molecule has 12 nitrogen and oxygen atoms in total. The van der Waals surface area contributed by atoms with Crippen LogP contribution in [0.1, 0.15) is 5.01 Å². The number of aliphatic carboxylic acids is 1. The Morgan fingerprint density at radius 3 is 3.00 bits per heavy atom. The first kappa shape index (κ1) is 19.8. The zero-order valence-electron chi connectivity index (χ0n) is 14.7. The number of amides is 2. The van der Waals surface area contributed by atoms with Crippen molar-refractivity contribution in [3.63, 3.8) is 0 Å². The molecule has 2 aliphatic heterocycles. The second-order valence-electron chi connectivity index (χ2n) is 6.11. The molecule has 1 unspecified atom stereocenters. The molecule has 1 saturated heterocycles. The van der Waals surface area contributed by atoms with Gasteiger partial charge in [-0.1, -0.05) is 23.1 Å². The second kappa shape index (κ2) is 8.46. The summed E-state index contributed by atoms with van der Waals surface area (Å²) in [5, 5.41) is 30.2. The number of nitrogens with zero attached hydrogens (tertiary/aromatic N) is 7. The van der Waals surface area contributed by atoms with E-state index in [1.165, 1.54) is 34.1 Å². The van der Waals surface area contributed by atoms with E-state index < -0.39 is 12.0 Å². The minimum Gasteiger partial charge on any atom is -0.481 e. The van der Waals surface area contributed by atoms with Crippen molar-refractivity contribution in [2.45, 2.75) is 28.7 Å². The molecule has 1 fully saturated rings. The summed E-state index contributed by atoms with van der Waals surface area (Å²) in [5.74, 6) is -0.0709. The minimum atomic E-state index is -0.939. The van der Waals surface area contributed by atoms with Gasteiger partial charge >= 0.3 is 5.97 Å². The maximum Gasteiger partial charge on any atom is 0.310 e. The molecule has 4 rings (SSSR count). The monoisotopic (exact) mass is 454 g/mol. The molecule has 2 atom stereocenters. The molecule has 4 heterocycles. The Hall–Kier alpha value is -2.52. The fourth-order valence-corrected chi connectivity index (χ4v) is 5.95. The lowest BCUT2D eigenvalue weighted by molar-refractivity contribution is -0.145. The number of carbonyl (C=O) groups excluding carboxylic acids is 2. The Morgan fingerprint density at radius 1 is 1.38 bits per heavy atom. The molecule has 0 bridgehead atoms. The van der Waals surface area contributed by atoms with Crippen LogP contribution in [-0.4, -0.2) is 81.1 Å². The van der Waals surface area contributed by atoms with Crippen molar-refractivity contribution >= 4 is 52.6 Å². The summed E-state index contributed by atoms with van der Waals surface area (Å²) in [5.41, 5.74) is 1.05. The van der Waals surface area contributed by atoms with Crippen molar-refractivity contribution in [1.82, 2.24) is 40.6 Å². The normalized spacial score (nSPS) is 20.6. The third-order valence-electron chi connectivity index (χ3n) is 3.99. The number of tetrazole rings is 1. The van der Waals surface area contributed by atoms with Crippen LogP contribution in [0, 0.1) is 0 Å². The molecule has 0 aliphatic carbocycles. The highest BCUT2D eigenvalue weighted by atomic mass is 32.2. The van der Waals surface area contributed by atoms with Crippen molar-refractivity contribution < 1.29 is 19.5 Å². The Bertz CT molecular complexity index is 962. The highest BCUT2D eigenvalue weighted by Gasteiger charge is 2.49. The average molecular weight is 455 g/mol. The van der Waals surface area contributed by atoms with E-state index in [0.717, 1.165) is 11.3 Å². The van der Waals surface area contributed by atoms with E-state index in [2.05, 4.69) is 31.0 Å². The Morgan fingerprint density at radius 2 is 2.24 bits per heavy atom. The van der Waals surface area contributed by atoms with E-state index in [-0.39, 0.29) is 30.2 Å². The van der Waals surface area contributed by atoms with E-state index in [1.54, 1.807) is 16.7 Å². The van der Waals surface area contributed by atoms with Crippen LogP contribution in [0.5, 0.6) is 0 Å². The number of fused-ring (bicyclic) bond motifs is 1. The third kappa shape index (κ3) is 4.56. The Kier molecular flexibility index (Phi) is 5.77. The van der Waals surface area contributed by atoms with Crippen molar-refractivity contribution in [2.75, 3.05) is 11.5 Å². The maximum absolute atomic E-state index is 12.4. The van der Waals surface area contributed by atoms with Gasteiger partial charge in [0.1, 0.15) is 29.3 Å². The van der Waals surface area contributed by atoms with Gasteiger partial charge in [0, 0.05) is 17.7 Å². The molecule has 29 heavy (non-hydrogen) atoms. The number of rotatable bonds is 8. The van der Waals surface area contributed by atoms with Crippen LogP contribution in [0.3, 0.4) is 0 Å². The number of thioether (sulfide) groups is 2. The summed E-state index contributed by atoms with van der Waals surface area (Å²) in [6.07, 6.45) is 3.01. The summed E-state index contributed by atoms with van der Waals surface area (Å²) in [4.78, 5) is 36.8. The number of nitrogens with one attached hydrogen (secondary N) is 1. The first-order valence-corrected chi connectivity index (χ1v) is 11.1.